The molecule has 0 spiro atoms. The van der Waals surface area contributed by atoms with Gasteiger partial charge in [0, 0.05) is 30.1 Å². The Morgan fingerprint density at radius 2 is 1.31 bits per heavy atom. The largest absolute Gasteiger partial charge is 0.481 e. The van der Waals surface area contributed by atoms with Crippen LogP contribution in [0.3, 0.4) is 0 Å². The van der Waals surface area contributed by atoms with E-state index in [1.165, 1.54) is 6.92 Å². The van der Waals surface area contributed by atoms with Gasteiger partial charge in [-0.15, -0.1) is 0 Å². The number of benzene rings is 1. The molecule has 6 amide bonds. The maximum atomic E-state index is 13.9. The van der Waals surface area contributed by atoms with Crippen molar-refractivity contribution in [2.24, 2.45) is 34.0 Å². The van der Waals surface area contributed by atoms with Crippen molar-refractivity contribution in [1.82, 2.24) is 36.9 Å². The summed E-state index contributed by atoms with van der Waals surface area (Å²) in [5, 5.41) is 34.2. The third kappa shape index (κ3) is 16.1. The molecule has 1 heterocycles. The first-order valence-corrected chi connectivity index (χ1v) is 18.8. The fourth-order valence-corrected chi connectivity index (χ4v) is 5.77. The van der Waals surface area contributed by atoms with Crippen molar-refractivity contribution in [3.63, 3.8) is 0 Å². The summed E-state index contributed by atoms with van der Waals surface area (Å²) in [6.07, 6.45) is 1.01. The van der Waals surface area contributed by atoms with E-state index in [9.17, 15) is 43.5 Å². The third-order valence-electron chi connectivity index (χ3n) is 8.74. The van der Waals surface area contributed by atoms with Gasteiger partial charge in [-0.1, -0.05) is 45.9 Å². The predicted octanol–water partition coefficient (Wildman–Crippen LogP) is -2.09. The van der Waals surface area contributed by atoms with Crippen molar-refractivity contribution in [2.45, 2.75) is 103 Å². The van der Waals surface area contributed by atoms with E-state index in [1.807, 2.05) is 38.1 Å². The highest BCUT2D eigenvalue weighted by atomic mass is 16.4. The van der Waals surface area contributed by atoms with Gasteiger partial charge in [-0.3, -0.25) is 43.3 Å². The summed E-state index contributed by atoms with van der Waals surface area (Å²) in [4.78, 5) is 110. The molecule has 1 aromatic heterocycles. The Morgan fingerprint density at radius 3 is 1.90 bits per heavy atom. The molecule has 15 N–H and O–H groups in total. The number of guanidine groups is 1. The summed E-state index contributed by atoms with van der Waals surface area (Å²) in [5.74, 6) is -8.81. The average Bonchev–Trinajstić information content (AvgIpc) is 3.54. The zero-order chi connectivity index (χ0) is 43.7. The molecule has 0 radical (unpaired) electrons. The van der Waals surface area contributed by atoms with Crippen molar-refractivity contribution < 1.29 is 48.6 Å². The van der Waals surface area contributed by atoms with E-state index in [2.05, 4.69) is 41.9 Å². The zero-order valence-corrected chi connectivity index (χ0v) is 33.3. The zero-order valence-electron chi connectivity index (χ0n) is 33.3. The van der Waals surface area contributed by atoms with E-state index < -0.39 is 103 Å². The SMILES string of the molecule is CC(C)C[C@H](NC(=O)[C@H](Cc1c[nH]c2ccccc12)NC(=O)[C@H](C)N)C(=O)N[C@H](C(=O)N[C@@H](CC(=O)O)C(=O)N[C@@H](CCCN=C(N)N)C(=O)NCC(=O)O)C(C)C. The van der Waals surface area contributed by atoms with Gasteiger partial charge in [-0.2, -0.15) is 0 Å². The van der Waals surface area contributed by atoms with Crippen LogP contribution in [-0.4, -0.2) is 118 Å². The maximum Gasteiger partial charge on any atom is 0.322 e. The molecular formula is C37H57N11O10. The number of aromatic amines is 1. The maximum absolute atomic E-state index is 13.9. The first kappa shape index (κ1) is 47.9. The van der Waals surface area contributed by atoms with Gasteiger partial charge in [-0.05, 0) is 49.7 Å². The number of carbonyl (C=O) groups excluding carboxylic acids is 6. The molecule has 0 saturated heterocycles. The van der Waals surface area contributed by atoms with E-state index in [0.717, 1.165) is 16.5 Å². The van der Waals surface area contributed by atoms with Gasteiger partial charge in [0.1, 0.15) is 36.8 Å². The van der Waals surface area contributed by atoms with Crippen LogP contribution in [0.25, 0.3) is 10.9 Å². The molecule has 0 saturated carbocycles. The number of aliphatic carboxylic acids is 2. The highest BCUT2D eigenvalue weighted by Gasteiger charge is 2.35. The first-order valence-electron chi connectivity index (χ1n) is 18.8. The summed E-state index contributed by atoms with van der Waals surface area (Å²) in [7, 11) is 0. The number of hydrogen-bond acceptors (Lipinski definition) is 10. The van der Waals surface area contributed by atoms with Crippen LogP contribution >= 0.6 is 0 Å². The van der Waals surface area contributed by atoms with E-state index in [4.69, 9.17) is 22.3 Å². The number of nitrogens with zero attached hydrogens (tertiary/aromatic N) is 1. The molecule has 58 heavy (non-hydrogen) atoms. The number of amides is 6. The Labute approximate surface area is 335 Å². The minimum Gasteiger partial charge on any atom is -0.481 e. The number of nitrogens with one attached hydrogen (secondary N) is 7. The number of rotatable bonds is 24. The standard InChI is InChI=1S/C37H57N11O10/c1-18(2)13-25(46-33(55)26(45-31(53)20(5)38)14-21-16-42-23-10-7-6-9-22(21)23)35(57)48-30(19(3)4)36(58)47-27(15-28(49)50)34(56)44-24(11-8-12-41-37(39)40)32(54)43-17-29(51)52/h6-7,9-10,16,18-20,24-27,30,42H,8,11-15,17,38H2,1-5H3,(H,43,54)(H,44,56)(H,45,53)(H,46,55)(H,47,58)(H,48,57)(H,49,50)(H,51,52)(H4,39,40,41)/t20-,24-,25-,26-,27-,30-/m0/s1. The summed E-state index contributed by atoms with van der Waals surface area (Å²) in [6, 6.07) is -0.386. The lowest BCUT2D eigenvalue weighted by molar-refractivity contribution is -0.142. The summed E-state index contributed by atoms with van der Waals surface area (Å²) >= 11 is 0. The van der Waals surface area contributed by atoms with Gasteiger partial charge in [0.15, 0.2) is 5.96 Å². The highest BCUT2D eigenvalue weighted by molar-refractivity contribution is 5.98. The fourth-order valence-electron chi connectivity index (χ4n) is 5.77. The number of hydrogen-bond donors (Lipinski definition) is 12. The Bertz CT molecular complexity index is 1810. The predicted molar refractivity (Wildman–Crippen MR) is 212 cm³/mol. The molecule has 6 atom stereocenters. The molecule has 0 aliphatic carbocycles. The number of H-pyrrole nitrogens is 1. The molecular weight excluding hydrogens is 758 g/mol. The molecule has 2 aromatic rings. The minimum absolute atomic E-state index is 0.0483. The Hall–Kier alpha value is -6.25. The molecule has 320 valence electrons. The number of fused-ring (bicyclic) bond motifs is 1. The van der Waals surface area contributed by atoms with E-state index in [0.29, 0.717) is 0 Å². The smallest absolute Gasteiger partial charge is 0.322 e. The van der Waals surface area contributed by atoms with Gasteiger partial charge in [-0.25, -0.2) is 0 Å². The summed E-state index contributed by atoms with van der Waals surface area (Å²) in [6.45, 7) is 7.55. The monoisotopic (exact) mass is 815 g/mol. The number of aliphatic imine (C=N–C) groups is 1. The first-order chi connectivity index (χ1) is 27.2. The number of carboxylic acids is 2. The fraction of sp³-hybridized carbons (Fsp3) is 0.541. The Morgan fingerprint density at radius 1 is 0.724 bits per heavy atom. The van der Waals surface area contributed by atoms with Gasteiger partial charge < -0.3 is 64.3 Å². The highest BCUT2D eigenvalue weighted by Crippen LogP contribution is 2.20. The van der Waals surface area contributed by atoms with Gasteiger partial charge in [0.2, 0.25) is 35.4 Å². The third-order valence-corrected chi connectivity index (χ3v) is 8.74. The van der Waals surface area contributed by atoms with Crippen LogP contribution in [0.4, 0.5) is 0 Å². The van der Waals surface area contributed by atoms with Crippen LogP contribution in [0, 0.1) is 11.8 Å². The molecule has 0 unspecified atom stereocenters. The van der Waals surface area contributed by atoms with E-state index in [1.54, 1.807) is 20.0 Å². The van der Waals surface area contributed by atoms with Crippen LogP contribution in [0.1, 0.15) is 65.9 Å². The second kappa shape index (κ2) is 23.1. The van der Waals surface area contributed by atoms with Gasteiger partial charge >= 0.3 is 11.9 Å². The molecule has 1 aromatic carbocycles. The lowest BCUT2D eigenvalue weighted by atomic mass is 9.98. The van der Waals surface area contributed by atoms with Crippen LogP contribution in [0.15, 0.2) is 35.5 Å². The molecule has 0 aliphatic rings. The minimum atomic E-state index is -1.75. The number of para-hydroxylation sites is 1. The van der Waals surface area contributed by atoms with Crippen molar-refractivity contribution in [2.75, 3.05) is 13.1 Å². The topological polar surface area (TPSA) is 355 Å². The molecule has 21 nitrogen and oxygen atoms in total. The molecule has 2 rings (SSSR count). The van der Waals surface area contributed by atoms with Crippen LogP contribution < -0.4 is 49.1 Å². The molecule has 0 bridgehead atoms. The van der Waals surface area contributed by atoms with E-state index in [-0.39, 0.29) is 44.1 Å². The van der Waals surface area contributed by atoms with Crippen LogP contribution in [0.5, 0.6) is 0 Å². The molecule has 0 aliphatic heterocycles. The van der Waals surface area contributed by atoms with Crippen molar-refractivity contribution >= 4 is 64.2 Å². The Kier molecular flexibility index (Phi) is 19.1. The Balaban J connectivity index is 2.31. The second-order valence-corrected chi connectivity index (χ2v) is 14.6. The quantitative estimate of drug-likeness (QED) is 0.0308. The van der Waals surface area contributed by atoms with Crippen molar-refractivity contribution in [1.29, 1.82) is 0 Å². The summed E-state index contributed by atoms with van der Waals surface area (Å²) < 4.78 is 0. The number of carbonyl (C=O) groups is 8. The normalized spacial score (nSPS) is 14.2. The van der Waals surface area contributed by atoms with Crippen molar-refractivity contribution in [3.05, 3.63) is 36.0 Å². The second-order valence-electron chi connectivity index (χ2n) is 14.6. The number of carboxylic acid groups (broad SMARTS) is 2. The van der Waals surface area contributed by atoms with Gasteiger partial charge in [0.25, 0.3) is 0 Å². The average molecular weight is 816 g/mol. The van der Waals surface area contributed by atoms with Gasteiger partial charge in [0.05, 0.1) is 12.5 Å². The van der Waals surface area contributed by atoms with Crippen LogP contribution in [-0.2, 0) is 44.8 Å². The number of nitrogens with two attached hydrogens (primary N) is 3. The summed E-state index contributed by atoms with van der Waals surface area (Å²) in [5.41, 5.74) is 18.0. The molecule has 21 heteroatoms. The van der Waals surface area contributed by atoms with Crippen LogP contribution in [0.2, 0.25) is 0 Å². The number of aromatic nitrogens is 1. The lowest BCUT2D eigenvalue weighted by Crippen LogP contribution is -2.61. The van der Waals surface area contributed by atoms with E-state index >= 15 is 0 Å². The molecule has 0 fully saturated rings. The van der Waals surface area contributed by atoms with Crippen molar-refractivity contribution in [3.8, 4) is 0 Å². The lowest BCUT2D eigenvalue weighted by Gasteiger charge is -2.29.